The van der Waals surface area contributed by atoms with Crippen LogP contribution < -0.4 is 9.62 Å². The Morgan fingerprint density at radius 1 is 1.44 bits per heavy atom. The van der Waals surface area contributed by atoms with Gasteiger partial charge >= 0.3 is 6.03 Å². The molecule has 3 N–H and O–H groups in total. The predicted octanol–water partition coefficient (Wildman–Crippen LogP) is 3.35. The number of rotatable bonds is 4. The van der Waals surface area contributed by atoms with Crippen LogP contribution in [0, 0.1) is 5.41 Å². The Labute approximate surface area is 162 Å². The molecule has 0 bridgehead atoms. The summed E-state index contributed by atoms with van der Waals surface area (Å²) in [6.45, 7) is 5.11. The summed E-state index contributed by atoms with van der Waals surface area (Å²) < 4.78 is 19.5. The number of benzene rings is 1. The number of amides is 2. The average molecular weight is 408 g/mol. The molecule has 1 aliphatic rings. The molecule has 2 aromatic rings. The number of fused-ring (bicyclic) bond motifs is 1. The maximum atomic E-state index is 13.9. The maximum Gasteiger partial charge on any atom is 0.355 e. The number of hydrogen-bond donors (Lipinski definition) is 3. The first-order valence-electron chi connectivity index (χ1n) is 8.29. The molecule has 1 aromatic heterocycles. The highest BCUT2D eigenvalue weighted by Gasteiger charge is 2.33. The normalized spacial score (nSPS) is 19.7. The van der Waals surface area contributed by atoms with Gasteiger partial charge < -0.3 is 15.8 Å². The Balaban J connectivity index is 2.28. The van der Waals surface area contributed by atoms with Crippen molar-refractivity contribution in [3.63, 3.8) is 0 Å². The molecule has 27 heavy (non-hydrogen) atoms. The first kappa shape index (κ1) is 19.5. The average Bonchev–Trinajstić information content (AvgIpc) is 3.08. The van der Waals surface area contributed by atoms with Crippen molar-refractivity contribution in [2.45, 2.75) is 37.0 Å². The molecule has 0 spiro atoms. The van der Waals surface area contributed by atoms with Gasteiger partial charge in [-0.25, -0.2) is 14.0 Å². The minimum Gasteiger partial charge on any atom is -0.383 e. The van der Waals surface area contributed by atoms with E-state index in [0.717, 1.165) is 23.1 Å². The molecule has 0 saturated carbocycles. The van der Waals surface area contributed by atoms with Crippen LogP contribution in [0.5, 0.6) is 0 Å². The fourth-order valence-electron chi connectivity index (χ4n) is 2.81. The molecule has 2 amide bonds. The van der Waals surface area contributed by atoms with Gasteiger partial charge in [-0.2, -0.15) is 0 Å². The van der Waals surface area contributed by atoms with Gasteiger partial charge in [-0.1, -0.05) is 19.1 Å². The molecule has 1 aromatic carbocycles. The summed E-state index contributed by atoms with van der Waals surface area (Å²) in [6.07, 6.45) is 3.19. The zero-order valence-corrected chi connectivity index (χ0v) is 17.1. The first-order valence-corrected chi connectivity index (χ1v) is 10.6. The van der Waals surface area contributed by atoms with Crippen LogP contribution in [0.25, 0.3) is 0 Å². The first-order chi connectivity index (χ1) is 12.6. The number of anilines is 2. The van der Waals surface area contributed by atoms with Gasteiger partial charge in [0.05, 0.1) is 17.6 Å². The summed E-state index contributed by atoms with van der Waals surface area (Å²) in [5, 5.41) is 21.0. The lowest BCUT2D eigenvalue weighted by Gasteiger charge is -2.25. The van der Waals surface area contributed by atoms with Crippen LogP contribution in [-0.4, -0.2) is 33.6 Å². The Kier molecular flexibility index (Phi) is 4.83. The minimum absolute atomic E-state index is 0.267. The van der Waals surface area contributed by atoms with Gasteiger partial charge in [-0.15, -0.1) is 15.7 Å². The highest BCUT2D eigenvalue weighted by molar-refractivity contribution is 7.97. The molecule has 0 saturated heterocycles. The third-order valence-corrected chi connectivity index (χ3v) is 8.20. The fourth-order valence-corrected chi connectivity index (χ4v) is 5.97. The number of aliphatic hydroxyl groups is 1. The Bertz CT molecular complexity index is 1050. The van der Waals surface area contributed by atoms with Crippen LogP contribution in [0.15, 0.2) is 26.9 Å². The van der Waals surface area contributed by atoms with E-state index in [2.05, 4.69) is 14.7 Å². The van der Waals surface area contributed by atoms with E-state index in [1.807, 2.05) is 13.0 Å². The molecule has 1 atom stereocenters. The number of hydrogen-bond acceptors (Lipinski definition) is 6. The summed E-state index contributed by atoms with van der Waals surface area (Å²) in [7, 11) is -1.77. The summed E-state index contributed by atoms with van der Waals surface area (Å²) in [4.78, 5) is 16.6. The lowest BCUT2D eigenvalue weighted by molar-refractivity contribution is 0.0783. The van der Waals surface area contributed by atoms with E-state index in [1.165, 1.54) is 10.5 Å². The summed E-state index contributed by atoms with van der Waals surface area (Å²) >= 11 is 1.05. The molecule has 2 heterocycles. The number of nitrogens with one attached hydrogen (secondary N) is 2. The molecule has 0 fully saturated rings. The van der Waals surface area contributed by atoms with Gasteiger partial charge in [0.25, 0.3) is 0 Å². The molecule has 10 heteroatoms. The van der Waals surface area contributed by atoms with E-state index in [9.17, 15) is 14.1 Å². The molecular weight excluding hydrogens is 386 g/mol. The van der Waals surface area contributed by atoms with E-state index >= 15 is 0 Å². The Hall–Kier alpha value is -2.30. The van der Waals surface area contributed by atoms with Crippen LogP contribution in [0.1, 0.15) is 36.9 Å². The smallest absolute Gasteiger partial charge is 0.355 e. The van der Waals surface area contributed by atoms with Crippen LogP contribution in [0.3, 0.4) is 0 Å². The van der Waals surface area contributed by atoms with Gasteiger partial charge in [0, 0.05) is 18.8 Å². The van der Waals surface area contributed by atoms with Crippen molar-refractivity contribution in [3.8, 4) is 0 Å². The topological polar surface area (TPSA) is 119 Å². The molecule has 144 valence electrons. The minimum atomic E-state index is -3.36. The molecule has 3 rings (SSSR count). The van der Waals surface area contributed by atoms with Crippen molar-refractivity contribution in [1.82, 2.24) is 4.98 Å². The number of nitrogens with zero attached hydrogens (tertiary/aromatic N) is 3. The van der Waals surface area contributed by atoms with E-state index in [1.54, 1.807) is 27.0 Å². The molecule has 1 aliphatic heterocycles. The van der Waals surface area contributed by atoms with E-state index in [-0.39, 0.29) is 4.21 Å². The summed E-state index contributed by atoms with van der Waals surface area (Å²) in [5.74, 6) is 0. The third kappa shape index (κ3) is 3.24. The molecule has 8 nitrogen and oxygen atoms in total. The quantitative estimate of drug-likeness (QED) is 0.673. The summed E-state index contributed by atoms with van der Waals surface area (Å²) in [6, 6.07) is 2.87. The molecule has 0 radical (unpaired) electrons. The zero-order chi connectivity index (χ0) is 20.0. The van der Waals surface area contributed by atoms with Crippen molar-refractivity contribution in [1.29, 1.82) is 5.41 Å². The van der Waals surface area contributed by atoms with Gasteiger partial charge in [-0.05, 0) is 25.8 Å². The maximum absolute atomic E-state index is 13.9. The highest BCUT2D eigenvalue weighted by atomic mass is 32.2. The van der Waals surface area contributed by atoms with Gasteiger partial charge in [-0.3, -0.25) is 4.31 Å². The van der Waals surface area contributed by atoms with Crippen LogP contribution in [-0.2, 0) is 21.9 Å². The fraction of sp³-hybridized carbons (Fsp3) is 0.353. The van der Waals surface area contributed by atoms with Crippen LogP contribution in [0.2, 0.25) is 0 Å². The van der Waals surface area contributed by atoms with Gasteiger partial charge in [0.15, 0.2) is 9.92 Å². The number of urea groups is 1. The van der Waals surface area contributed by atoms with Crippen molar-refractivity contribution < 1.29 is 14.1 Å². The molecule has 1 unspecified atom stereocenters. The molecular formula is C17H21N5O3S2. The van der Waals surface area contributed by atoms with Crippen molar-refractivity contribution in [3.05, 3.63) is 34.5 Å². The largest absolute Gasteiger partial charge is 0.383 e. The number of carbonyl (C=O) groups excluding carboxylic acids is 1. The van der Waals surface area contributed by atoms with Gasteiger partial charge in [0.2, 0.25) is 0 Å². The second-order valence-corrected chi connectivity index (χ2v) is 10.0. The number of aromatic nitrogens is 1. The predicted molar refractivity (Wildman–Crippen MR) is 107 cm³/mol. The number of thiazole rings is 1. The van der Waals surface area contributed by atoms with Crippen molar-refractivity contribution in [2.24, 2.45) is 4.36 Å². The van der Waals surface area contributed by atoms with Gasteiger partial charge in [0.1, 0.15) is 14.8 Å². The Morgan fingerprint density at radius 2 is 2.15 bits per heavy atom. The zero-order valence-electron chi connectivity index (χ0n) is 15.4. The number of aryl methyl sites for hydroxylation is 1. The van der Waals surface area contributed by atoms with Crippen LogP contribution in [0.4, 0.5) is 16.2 Å². The monoisotopic (exact) mass is 407 g/mol. The lowest BCUT2D eigenvalue weighted by atomic mass is 10.0. The van der Waals surface area contributed by atoms with E-state index in [4.69, 9.17) is 5.41 Å². The second-order valence-electron chi connectivity index (χ2n) is 6.59. The third-order valence-electron chi connectivity index (χ3n) is 4.23. The SMILES string of the molecule is CCc1ccc(C=N)c2c1NC(=O)N=S(=O)(c1cnc(C(C)(C)O)s1)N2C. The van der Waals surface area contributed by atoms with E-state index < -0.39 is 21.5 Å². The Morgan fingerprint density at radius 3 is 2.70 bits per heavy atom. The van der Waals surface area contributed by atoms with Crippen molar-refractivity contribution in [2.75, 3.05) is 16.7 Å². The lowest BCUT2D eigenvalue weighted by Crippen LogP contribution is -2.26. The standard InChI is InChI=1S/C17H21N5O3S2/c1-5-10-6-7-11(8-18)14-13(10)20-16(23)21-27(25,22(14)4)12-9-19-15(26-12)17(2,3)24/h6-9,18,24H,5H2,1-4H3,(H,20,23). The number of carbonyl (C=O) groups is 1. The summed E-state index contributed by atoms with van der Waals surface area (Å²) in [5.41, 5.74) is 1.16. The van der Waals surface area contributed by atoms with Crippen LogP contribution >= 0.6 is 11.3 Å². The van der Waals surface area contributed by atoms with Crippen molar-refractivity contribution >= 4 is 44.9 Å². The molecule has 0 aliphatic carbocycles. The highest BCUT2D eigenvalue weighted by Crippen LogP contribution is 2.40. The van der Waals surface area contributed by atoms with E-state index in [0.29, 0.717) is 28.4 Å². The second kappa shape index (κ2) is 6.70.